The van der Waals surface area contributed by atoms with Gasteiger partial charge in [0.2, 0.25) is 5.91 Å². The molecule has 1 unspecified atom stereocenters. The van der Waals surface area contributed by atoms with E-state index in [1.165, 1.54) is 6.26 Å². The van der Waals surface area contributed by atoms with Crippen molar-refractivity contribution in [1.29, 1.82) is 0 Å². The summed E-state index contributed by atoms with van der Waals surface area (Å²) in [4.78, 5) is 14.1. The van der Waals surface area contributed by atoms with E-state index < -0.39 is 33.5 Å². The zero-order chi connectivity index (χ0) is 21.2. The van der Waals surface area contributed by atoms with Crippen molar-refractivity contribution in [2.24, 2.45) is 0 Å². The number of alkyl halides is 3. The standard InChI is InChI=1S/C18H18ClF3N2O4S/c19-15-4-3-12(18(20,21)22)8-16(15)23-17(25)10-24(9-14-2-1-6-28-14)13-5-7-29(26,27)11-13/h1-4,6,8,13H,5,7,9-11H2,(H,23,25). The molecule has 1 N–H and O–H groups in total. The number of carbonyl (C=O) groups is 1. The Balaban J connectivity index is 1.75. The fourth-order valence-corrected chi connectivity index (χ4v) is 5.08. The first-order chi connectivity index (χ1) is 13.5. The van der Waals surface area contributed by atoms with Crippen molar-refractivity contribution in [1.82, 2.24) is 4.90 Å². The molecule has 1 aliphatic rings. The average molecular weight is 451 g/mol. The summed E-state index contributed by atoms with van der Waals surface area (Å²) < 4.78 is 67.6. The van der Waals surface area contributed by atoms with Crippen LogP contribution < -0.4 is 5.32 Å². The van der Waals surface area contributed by atoms with Crippen LogP contribution in [0.5, 0.6) is 0 Å². The van der Waals surface area contributed by atoms with Crippen LogP contribution in [0, 0.1) is 0 Å². The average Bonchev–Trinajstić information content (AvgIpc) is 3.24. The molecule has 6 nitrogen and oxygen atoms in total. The SMILES string of the molecule is O=C(CN(Cc1ccco1)C1CCS(=O)(=O)C1)Nc1cc(C(F)(F)F)ccc1Cl. The Kier molecular flexibility index (Phi) is 6.25. The lowest BCUT2D eigenvalue weighted by Crippen LogP contribution is -2.41. The van der Waals surface area contributed by atoms with Crippen LogP contribution in [0.4, 0.5) is 18.9 Å². The van der Waals surface area contributed by atoms with Crippen LogP contribution in [-0.4, -0.2) is 43.3 Å². The van der Waals surface area contributed by atoms with Crippen LogP contribution in [-0.2, 0) is 27.4 Å². The molecule has 158 valence electrons. The third-order valence-electron chi connectivity index (χ3n) is 4.58. The smallest absolute Gasteiger partial charge is 0.416 e. The quantitative estimate of drug-likeness (QED) is 0.727. The molecule has 1 aliphatic heterocycles. The summed E-state index contributed by atoms with van der Waals surface area (Å²) in [5.41, 5.74) is -1.10. The highest BCUT2D eigenvalue weighted by atomic mass is 35.5. The number of amides is 1. The van der Waals surface area contributed by atoms with E-state index in [9.17, 15) is 26.4 Å². The molecule has 1 aromatic heterocycles. The lowest BCUT2D eigenvalue weighted by molar-refractivity contribution is -0.137. The summed E-state index contributed by atoms with van der Waals surface area (Å²) >= 11 is 5.92. The molecule has 1 aromatic carbocycles. The van der Waals surface area contributed by atoms with Crippen molar-refractivity contribution in [3.8, 4) is 0 Å². The van der Waals surface area contributed by atoms with Gasteiger partial charge in [-0.2, -0.15) is 13.2 Å². The molecule has 0 spiro atoms. The Hall–Kier alpha value is -2.04. The van der Waals surface area contributed by atoms with E-state index in [0.717, 1.165) is 18.2 Å². The normalized spacial score (nSPS) is 18.9. The number of hydrogen-bond acceptors (Lipinski definition) is 5. The second kappa shape index (κ2) is 8.37. The van der Waals surface area contributed by atoms with Crippen LogP contribution >= 0.6 is 11.6 Å². The molecule has 2 heterocycles. The molecule has 1 amide bonds. The predicted octanol–water partition coefficient (Wildman–Crippen LogP) is 3.58. The second-order valence-corrected chi connectivity index (χ2v) is 9.42. The Morgan fingerprint density at radius 3 is 2.66 bits per heavy atom. The maximum atomic E-state index is 12.9. The molecular weight excluding hydrogens is 433 g/mol. The molecule has 1 saturated heterocycles. The fourth-order valence-electron chi connectivity index (χ4n) is 3.15. The van der Waals surface area contributed by atoms with E-state index >= 15 is 0 Å². The van der Waals surface area contributed by atoms with Crippen LogP contribution in [0.3, 0.4) is 0 Å². The van der Waals surface area contributed by atoms with Crippen molar-refractivity contribution in [2.75, 3.05) is 23.4 Å². The second-order valence-electron chi connectivity index (χ2n) is 6.78. The fraction of sp³-hybridized carbons (Fsp3) is 0.389. The lowest BCUT2D eigenvalue weighted by Gasteiger charge is -2.26. The largest absolute Gasteiger partial charge is 0.468 e. The van der Waals surface area contributed by atoms with Gasteiger partial charge in [-0.05, 0) is 36.8 Å². The summed E-state index contributed by atoms with van der Waals surface area (Å²) in [6.45, 7) is -0.0373. The van der Waals surface area contributed by atoms with Gasteiger partial charge in [-0.3, -0.25) is 9.69 Å². The Morgan fingerprint density at radius 1 is 1.31 bits per heavy atom. The van der Waals surface area contributed by atoms with Gasteiger partial charge in [0, 0.05) is 6.04 Å². The molecule has 0 bridgehead atoms. The molecule has 1 fully saturated rings. The van der Waals surface area contributed by atoms with Crippen LogP contribution in [0.2, 0.25) is 5.02 Å². The van der Waals surface area contributed by atoms with Gasteiger partial charge in [-0.15, -0.1) is 0 Å². The molecule has 0 aliphatic carbocycles. The summed E-state index contributed by atoms with van der Waals surface area (Å²) in [7, 11) is -3.19. The number of benzene rings is 1. The van der Waals surface area contributed by atoms with Crippen molar-refractivity contribution in [3.63, 3.8) is 0 Å². The molecule has 11 heteroatoms. The van der Waals surface area contributed by atoms with Gasteiger partial charge >= 0.3 is 6.18 Å². The third kappa shape index (κ3) is 5.74. The topological polar surface area (TPSA) is 79.6 Å². The van der Waals surface area contributed by atoms with Crippen molar-refractivity contribution >= 4 is 33.0 Å². The van der Waals surface area contributed by atoms with Gasteiger partial charge in [-0.1, -0.05) is 11.6 Å². The molecule has 3 rings (SSSR count). The number of carbonyl (C=O) groups excluding carboxylic acids is 1. The van der Waals surface area contributed by atoms with E-state index in [1.54, 1.807) is 17.0 Å². The minimum atomic E-state index is -4.58. The maximum Gasteiger partial charge on any atom is 0.416 e. The highest BCUT2D eigenvalue weighted by molar-refractivity contribution is 7.91. The van der Waals surface area contributed by atoms with Gasteiger partial charge in [0.1, 0.15) is 5.76 Å². The Morgan fingerprint density at radius 2 is 2.07 bits per heavy atom. The van der Waals surface area contributed by atoms with E-state index in [1.807, 2.05) is 0 Å². The molecule has 2 aromatic rings. The number of rotatable bonds is 6. The van der Waals surface area contributed by atoms with E-state index in [4.69, 9.17) is 16.0 Å². The van der Waals surface area contributed by atoms with Gasteiger partial charge in [-0.25, -0.2) is 8.42 Å². The number of anilines is 1. The van der Waals surface area contributed by atoms with Crippen LogP contribution in [0.25, 0.3) is 0 Å². The predicted molar refractivity (Wildman–Crippen MR) is 101 cm³/mol. The minimum absolute atomic E-state index is 0.0212. The maximum absolute atomic E-state index is 12.9. The summed E-state index contributed by atoms with van der Waals surface area (Å²) in [6.07, 6.45) is -2.75. The number of halogens is 4. The van der Waals surface area contributed by atoms with E-state index in [2.05, 4.69) is 5.32 Å². The van der Waals surface area contributed by atoms with Gasteiger partial charge in [0.25, 0.3) is 0 Å². The molecule has 0 saturated carbocycles. The summed E-state index contributed by atoms with van der Waals surface area (Å²) in [6, 6.07) is 5.61. The van der Waals surface area contributed by atoms with Gasteiger partial charge in [0.05, 0.1) is 47.1 Å². The Labute approximate surface area is 170 Å². The van der Waals surface area contributed by atoms with Gasteiger partial charge < -0.3 is 9.73 Å². The number of furan rings is 1. The monoisotopic (exact) mass is 450 g/mol. The van der Waals surface area contributed by atoms with Crippen molar-refractivity contribution < 1.29 is 30.8 Å². The van der Waals surface area contributed by atoms with Crippen LogP contribution in [0.1, 0.15) is 17.7 Å². The zero-order valence-corrected chi connectivity index (χ0v) is 16.6. The van der Waals surface area contributed by atoms with Crippen molar-refractivity contribution in [3.05, 3.63) is 52.9 Å². The zero-order valence-electron chi connectivity index (χ0n) is 15.1. The Bertz CT molecular complexity index is 977. The highest BCUT2D eigenvalue weighted by Gasteiger charge is 2.34. The molecule has 29 heavy (non-hydrogen) atoms. The lowest BCUT2D eigenvalue weighted by atomic mass is 10.2. The number of sulfone groups is 1. The summed E-state index contributed by atoms with van der Waals surface area (Å²) in [5.74, 6) is -0.139. The number of nitrogens with one attached hydrogen (secondary N) is 1. The molecular formula is C18H18ClF3N2O4S. The first-order valence-electron chi connectivity index (χ1n) is 8.67. The summed E-state index contributed by atoms with van der Waals surface area (Å²) in [5, 5.41) is 2.35. The molecule has 0 radical (unpaired) electrons. The third-order valence-corrected chi connectivity index (χ3v) is 6.66. The van der Waals surface area contributed by atoms with Gasteiger partial charge in [0.15, 0.2) is 9.84 Å². The number of nitrogens with zero attached hydrogens (tertiary/aromatic N) is 1. The number of hydrogen-bond donors (Lipinski definition) is 1. The molecule has 1 atom stereocenters. The van der Waals surface area contributed by atoms with E-state index in [-0.39, 0.29) is 35.3 Å². The highest BCUT2D eigenvalue weighted by Crippen LogP contribution is 2.33. The van der Waals surface area contributed by atoms with Crippen LogP contribution in [0.15, 0.2) is 41.0 Å². The first kappa shape index (κ1) is 21.7. The first-order valence-corrected chi connectivity index (χ1v) is 10.9. The minimum Gasteiger partial charge on any atom is -0.468 e. The van der Waals surface area contributed by atoms with E-state index in [0.29, 0.717) is 12.2 Å². The van der Waals surface area contributed by atoms with Crippen molar-refractivity contribution in [2.45, 2.75) is 25.2 Å².